The van der Waals surface area contributed by atoms with Crippen molar-refractivity contribution in [1.82, 2.24) is 14.7 Å². The van der Waals surface area contributed by atoms with Crippen molar-refractivity contribution in [2.24, 2.45) is 5.92 Å². The molecule has 2 rings (SSSR count). The van der Waals surface area contributed by atoms with Gasteiger partial charge in [-0.3, -0.25) is 0 Å². The quantitative estimate of drug-likeness (QED) is 0.818. The first-order valence-corrected chi connectivity index (χ1v) is 7.79. The maximum atomic E-state index is 4.74. The van der Waals surface area contributed by atoms with Crippen LogP contribution in [0.15, 0.2) is 29.4 Å². The van der Waals surface area contributed by atoms with E-state index in [2.05, 4.69) is 55.7 Å². The van der Waals surface area contributed by atoms with Gasteiger partial charge < -0.3 is 9.72 Å². The Morgan fingerprint density at radius 3 is 2.74 bits per heavy atom. The molecule has 0 amide bonds. The zero-order valence-corrected chi connectivity index (χ0v) is 13.0. The Morgan fingerprint density at radius 2 is 2.05 bits per heavy atom. The van der Waals surface area contributed by atoms with E-state index in [0.29, 0.717) is 11.2 Å². The Morgan fingerprint density at radius 1 is 1.26 bits per heavy atom. The fourth-order valence-corrected chi connectivity index (χ4v) is 2.88. The van der Waals surface area contributed by atoms with Gasteiger partial charge in [-0.15, -0.1) is 11.8 Å². The lowest BCUT2D eigenvalue weighted by molar-refractivity contribution is 0.544. The summed E-state index contributed by atoms with van der Waals surface area (Å²) in [5.74, 6) is 0.667. The summed E-state index contributed by atoms with van der Waals surface area (Å²) in [6, 6.07) is 6.16. The van der Waals surface area contributed by atoms with Crippen molar-refractivity contribution in [3.05, 3.63) is 30.1 Å². The van der Waals surface area contributed by atoms with E-state index in [4.69, 9.17) is 4.98 Å². The monoisotopic (exact) mass is 277 g/mol. The molecular weight excluding hydrogens is 254 g/mol. The summed E-state index contributed by atoms with van der Waals surface area (Å²) in [7, 11) is 0. The van der Waals surface area contributed by atoms with Crippen LogP contribution in [0.1, 0.15) is 33.4 Å². The van der Waals surface area contributed by atoms with Gasteiger partial charge in [0.2, 0.25) is 0 Å². The van der Waals surface area contributed by atoms with Crippen molar-refractivity contribution in [1.29, 1.82) is 0 Å². The first-order chi connectivity index (χ1) is 9.08. The molecule has 0 saturated carbocycles. The topological polar surface area (TPSA) is 29.3 Å². The number of fused-ring (bicyclic) bond motifs is 1. The summed E-state index contributed by atoms with van der Waals surface area (Å²) in [5, 5.41) is 5.22. The first-order valence-electron chi connectivity index (χ1n) is 6.91. The highest BCUT2D eigenvalue weighted by Crippen LogP contribution is 2.26. The molecule has 0 aromatic carbocycles. The van der Waals surface area contributed by atoms with E-state index in [0.717, 1.165) is 23.8 Å². The highest BCUT2D eigenvalue weighted by molar-refractivity contribution is 7.99. The number of nitrogens with zero attached hydrogens (tertiary/aromatic N) is 2. The predicted molar refractivity (Wildman–Crippen MR) is 82.7 cm³/mol. The van der Waals surface area contributed by atoms with E-state index in [1.165, 1.54) is 5.69 Å². The highest BCUT2D eigenvalue weighted by atomic mass is 32.2. The zero-order chi connectivity index (χ0) is 13.8. The predicted octanol–water partition coefficient (Wildman–Crippen LogP) is 3.58. The lowest BCUT2D eigenvalue weighted by Crippen LogP contribution is -2.20. The molecule has 1 N–H and O–H groups in total. The van der Waals surface area contributed by atoms with Crippen LogP contribution in [0, 0.1) is 5.92 Å². The number of thioether (sulfide) groups is 1. The molecule has 0 spiro atoms. The number of aromatic nitrogens is 2. The van der Waals surface area contributed by atoms with E-state index >= 15 is 0 Å². The van der Waals surface area contributed by atoms with Crippen molar-refractivity contribution in [2.75, 3.05) is 6.54 Å². The van der Waals surface area contributed by atoms with Crippen LogP contribution < -0.4 is 5.32 Å². The van der Waals surface area contributed by atoms with Crippen molar-refractivity contribution in [2.45, 2.75) is 44.5 Å². The van der Waals surface area contributed by atoms with Crippen molar-refractivity contribution >= 4 is 17.4 Å². The lowest BCUT2D eigenvalue weighted by atomic mass is 10.2. The lowest BCUT2D eigenvalue weighted by Gasteiger charge is -2.09. The third-order valence-electron chi connectivity index (χ3n) is 2.78. The molecule has 2 aromatic heterocycles. The third-order valence-corrected chi connectivity index (χ3v) is 3.81. The first kappa shape index (κ1) is 14.4. The maximum Gasteiger partial charge on any atom is 0.138 e. The average molecular weight is 277 g/mol. The van der Waals surface area contributed by atoms with Gasteiger partial charge in [0.1, 0.15) is 10.7 Å². The number of hydrogen-bond acceptors (Lipinski definition) is 3. The molecule has 0 bridgehead atoms. The number of imidazole rings is 1. The fourth-order valence-electron chi connectivity index (χ4n) is 1.98. The minimum atomic E-state index is 0.550. The number of hydrogen-bond donors (Lipinski definition) is 1. The minimum absolute atomic E-state index is 0.550. The molecule has 3 nitrogen and oxygen atoms in total. The summed E-state index contributed by atoms with van der Waals surface area (Å²) >= 11 is 1.84. The van der Waals surface area contributed by atoms with Crippen LogP contribution >= 0.6 is 11.8 Å². The molecule has 4 heteroatoms. The van der Waals surface area contributed by atoms with Crippen LogP contribution in [-0.4, -0.2) is 21.2 Å². The normalized spacial score (nSPS) is 11.9. The Hall–Kier alpha value is -1.00. The van der Waals surface area contributed by atoms with E-state index in [1.54, 1.807) is 0 Å². The summed E-state index contributed by atoms with van der Waals surface area (Å²) in [6.07, 6.45) is 2.10. The molecule has 0 aliphatic carbocycles. The summed E-state index contributed by atoms with van der Waals surface area (Å²) in [4.78, 5) is 4.74. The van der Waals surface area contributed by atoms with E-state index in [-0.39, 0.29) is 0 Å². The highest BCUT2D eigenvalue weighted by Gasteiger charge is 2.13. The SMILES string of the molecule is CC(C)CNCc1c(SC(C)C)nc2ccccn12. The molecule has 0 aliphatic rings. The van der Waals surface area contributed by atoms with Gasteiger partial charge in [-0.2, -0.15) is 0 Å². The smallest absolute Gasteiger partial charge is 0.138 e. The molecule has 2 heterocycles. The molecule has 2 aromatic rings. The van der Waals surface area contributed by atoms with Gasteiger partial charge in [-0.25, -0.2) is 4.98 Å². The molecular formula is C15H23N3S. The van der Waals surface area contributed by atoms with Gasteiger partial charge in [0.15, 0.2) is 0 Å². The average Bonchev–Trinajstić information content (AvgIpc) is 2.66. The fraction of sp³-hybridized carbons (Fsp3) is 0.533. The van der Waals surface area contributed by atoms with Crippen LogP contribution in [0.5, 0.6) is 0 Å². The Bertz CT molecular complexity index is 531. The van der Waals surface area contributed by atoms with E-state index in [1.807, 2.05) is 17.8 Å². The van der Waals surface area contributed by atoms with Gasteiger partial charge >= 0.3 is 0 Å². The summed E-state index contributed by atoms with van der Waals surface area (Å²) < 4.78 is 2.19. The van der Waals surface area contributed by atoms with E-state index in [9.17, 15) is 0 Å². The maximum absolute atomic E-state index is 4.74. The molecule has 19 heavy (non-hydrogen) atoms. The molecule has 0 saturated heterocycles. The van der Waals surface area contributed by atoms with Crippen LogP contribution in [0.25, 0.3) is 5.65 Å². The Balaban J connectivity index is 2.26. The van der Waals surface area contributed by atoms with Crippen molar-refractivity contribution in [3.8, 4) is 0 Å². The third kappa shape index (κ3) is 3.74. The van der Waals surface area contributed by atoms with Gasteiger partial charge in [-0.05, 0) is 24.6 Å². The van der Waals surface area contributed by atoms with E-state index < -0.39 is 0 Å². The molecule has 0 unspecified atom stereocenters. The second-order valence-corrected chi connectivity index (χ2v) is 7.05. The Kier molecular flexibility index (Phi) is 4.88. The standard InChI is InChI=1S/C15H23N3S/c1-11(2)9-16-10-13-15(19-12(3)4)17-14-7-5-6-8-18(13)14/h5-8,11-12,16H,9-10H2,1-4H3. The van der Waals surface area contributed by atoms with Gasteiger partial charge in [0.25, 0.3) is 0 Å². The van der Waals surface area contributed by atoms with Gasteiger partial charge in [-0.1, -0.05) is 33.8 Å². The van der Waals surface area contributed by atoms with Gasteiger partial charge in [0.05, 0.1) is 5.69 Å². The minimum Gasteiger partial charge on any atom is -0.311 e. The number of rotatable bonds is 6. The molecule has 0 aliphatic heterocycles. The molecule has 0 radical (unpaired) electrons. The van der Waals surface area contributed by atoms with Crippen LogP contribution in [0.4, 0.5) is 0 Å². The molecule has 0 atom stereocenters. The largest absolute Gasteiger partial charge is 0.311 e. The van der Waals surface area contributed by atoms with Gasteiger partial charge in [0, 0.05) is 18.0 Å². The number of nitrogens with one attached hydrogen (secondary N) is 1. The van der Waals surface area contributed by atoms with Crippen molar-refractivity contribution < 1.29 is 0 Å². The zero-order valence-electron chi connectivity index (χ0n) is 12.2. The summed E-state index contributed by atoms with van der Waals surface area (Å²) in [6.45, 7) is 10.8. The van der Waals surface area contributed by atoms with Crippen LogP contribution in [0.2, 0.25) is 0 Å². The molecule has 0 fully saturated rings. The van der Waals surface area contributed by atoms with Crippen LogP contribution in [0.3, 0.4) is 0 Å². The van der Waals surface area contributed by atoms with Crippen LogP contribution in [-0.2, 0) is 6.54 Å². The number of pyridine rings is 1. The Labute approximate surface area is 119 Å². The second kappa shape index (κ2) is 6.44. The second-order valence-electron chi connectivity index (χ2n) is 5.48. The van der Waals surface area contributed by atoms with Crippen molar-refractivity contribution in [3.63, 3.8) is 0 Å². The molecule has 104 valence electrons. The summed E-state index contributed by atoms with van der Waals surface area (Å²) in [5.41, 5.74) is 2.31.